The Labute approximate surface area is 202 Å². The molecular formula is C28H21ClFN3O. The lowest BCUT2D eigenvalue weighted by Gasteiger charge is -2.11. The number of H-pyrrole nitrogens is 1. The predicted molar refractivity (Wildman–Crippen MR) is 136 cm³/mol. The molecule has 4 rings (SSSR count). The highest BCUT2D eigenvalue weighted by Crippen LogP contribution is 2.36. The lowest BCUT2D eigenvalue weighted by Crippen LogP contribution is -2.05. The van der Waals surface area contributed by atoms with E-state index < -0.39 is 0 Å². The first-order valence-electron chi connectivity index (χ1n) is 10.6. The summed E-state index contributed by atoms with van der Waals surface area (Å²) in [5.41, 5.74) is 5.99. The molecule has 168 valence electrons. The van der Waals surface area contributed by atoms with E-state index in [0.29, 0.717) is 38.5 Å². The van der Waals surface area contributed by atoms with Crippen LogP contribution in [0.15, 0.2) is 77.3 Å². The maximum atomic E-state index is 14.2. The van der Waals surface area contributed by atoms with Crippen molar-refractivity contribution in [3.63, 3.8) is 0 Å². The standard InChI is InChI=1S/C28H21ClFN3O/c1-4-17(15-31)27(32-3)26-23-14-21(30)9-11-25(23)33-28(26)20-7-5-6-19(12-20)22-10-8-18(16(2)34)13-24(22)29/h4-14,33H,1-3H3/b17-4-,32-27?. The summed E-state index contributed by atoms with van der Waals surface area (Å²) in [7, 11) is 1.62. The van der Waals surface area contributed by atoms with Crippen LogP contribution >= 0.6 is 11.6 Å². The van der Waals surface area contributed by atoms with Gasteiger partial charge in [0.05, 0.1) is 17.0 Å². The van der Waals surface area contributed by atoms with E-state index in [1.54, 1.807) is 38.2 Å². The van der Waals surface area contributed by atoms with Gasteiger partial charge >= 0.3 is 0 Å². The summed E-state index contributed by atoms with van der Waals surface area (Å²) < 4.78 is 14.2. The van der Waals surface area contributed by atoms with Crippen LogP contribution in [0.2, 0.25) is 5.02 Å². The number of Topliss-reactive ketones (excluding diaryl/α,β-unsaturated/α-hetero) is 1. The van der Waals surface area contributed by atoms with E-state index in [0.717, 1.165) is 22.2 Å². The van der Waals surface area contributed by atoms with Crippen LogP contribution in [0.5, 0.6) is 0 Å². The molecule has 0 spiro atoms. The lowest BCUT2D eigenvalue weighted by atomic mass is 9.94. The zero-order valence-electron chi connectivity index (χ0n) is 18.9. The van der Waals surface area contributed by atoms with Crippen LogP contribution < -0.4 is 0 Å². The molecule has 0 saturated heterocycles. The monoisotopic (exact) mass is 469 g/mol. The molecule has 0 aliphatic rings. The fourth-order valence-corrected chi connectivity index (χ4v) is 4.35. The number of rotatable bonds is 5. The molecule has 1 aromatic heterocycles. The van der Waals surface area contributed by atoms with Crippen molar-refractivity contribution in [1.82, 2.24) is 4.98 Å². The Morgan fingerprint density at radius 1 is 1.12 bits per heavy atom. The molecule has 0 atom stereocenters. The number of halogens is 2. The van der Waals surface area contributed by atoms with Crippen LogP contribution in [0.25, 0.3) is 33.3 Å². The van der Waals surface area contributed by atoms with Gasteiger partial charge in [0, 0.05) is 39.7 Å². The summed E-state index contributed by atoms with van der Waals surface area (Å²) in [6, 6.07) is 19.7. The molecule has 0 fully saturated rings. The molecule has 0 saturated carbocycles. The number of hydrogen-bond donors (Lipinski definition) is 1. The Morgan fingerprint density at radius 2 is 1.88 bits per heavy atom. The summed E-state index contributed by atoms with van der Waals surface area (Å²) in [5, 5.41) is 10.8. The van der Waals surface area contributed by atoms with Gasteiger partial charge in [0.15, 0.2) is 5.78 Å². The lowest BCUT2D eigenvalue weighted by molar-refractivity contribution is 0.101. The fourth-order valence-electron chi connectivity index (χ4n) is 4.06. The Morgan fingerprint density at radius 3 is 2.53 bits per heavy atom. The van der Waals surface area contributed by atoms with Gasteiger partial charge in [-0.1, -0.05) is 48.0 Å². The molecule has 3 aromatic carbocycles. The van der Waals surface area contributed by atoms with Crippen molar-refractivity contribution < 1.29 is 9.18 Å². The molecule has 4 aromatic rings. The molecular weight excluding hydrogens is 449 g/mol. The van der Waals surface area contributed by atoms with Crippen LogP contribution in [0.4, 0.5) is 4.39 Å². The molecule has 0 unspecified atom stereocenters. The fraction of sp³-hybridized carbons (Fsp3) is 0.107. The van der Waals surface area contributed by atoms with Crippen molar-refractivity contribution in [1.29, 1.82) is 5.26 Å². The van der Waals surface area contributed by atoms with Crippen molar-refractivity contribution >= 4 is 34.0 Å². The van der Waals surface area contributed by atoms with Gasteiger partial charge < -0.3 is 4.98 Å². The summed E-state index contributed by atoms with van der Waals surface area (Å²) in [4.78, 5) is 19.5. The second kappa shape index (κ2) is 9.46. The van der Waals surface area contributed by atoms with Crippen molar-refractivity contribution in [3.8, 4) is 28.5 Å². The number of fused-ring (bicyclic) bond motifs is 1. The maximum absolute atomic E-state index is 14.2. The van der Waals surface area contributed by atoms with Crippen LogP contribution in [0.3, 0.4) is 0 Å². The average molecular weight is 470 g/mol. The zero-order chi connectivity index (χ0) is 24.4. The highest BCUT2D eigenvalue weighted by atomic mass is 35.5. The smallest absolute Gasteiger partial charge is 0.159 e. The normalized spacial score (nSPS) is 12.1. The second-order valence-corrected chi connectivity index (χ2v) is 8.19. The van der Waals surface area contributed by atoms with E-state index in [-0.39, 0.29) is 11.6 Å². The van der Waals surface area contributed by atoms with Gasteiger partial charge in [-0.05, 0) is 55.3 Å². The minimum atomic E-state index is -0.375. The molecule has 0 bridgehead atoms. The molecule has 0 aliphatic carbocycles. The number of benzene rings is 3. The van der Waals surface area contributed by atoms with Crippen LogP contribution in [0, 0.1) is 17.1 Å². The highest BCUT2D eigenvalue weighted by molar-refractivity contribution is 6.33. The van der Waals surface area contributed by atoms with E-state index in [1.807, 2.05) is 30.3 Å². The van der Waals surface area contributed by atoms with Gasteiger partial charge in [0.2, 0.25) is 0 Å². The van der Waals surface area contributed by atoms with Crippen molar-refractivity contribution in [2.24, 2.45) is 4.99 Å². The van der Waals surface area contributed by atoms with Crippen molar-refractivity contribution in [2.45, 2.75) is 13.8 Å². The number of carbonyl (C=O) groups is 1. The van der Waals surface area contributed by atoms with E-state index in [2.05, 4.69) is 16.0 Å². The third kappa shape index (κ3) is 4.16. The number of aliphatic imine (C=N–C) groups is 1. The summed E-state index contributed by atoms with van der Waals surface area (Å²) in [5.74, 6) is -0.430. The third-order valence-electron chi connectivity index (χ3n) is 5.72. The molecule has 6 heteroatoms. The molecule has 34 heavy (non-hydrogen) atoms. The molecule has 4 nitrogen and oxygen atoms in total. The number of nitriles is 1. The number of aromatic nitrogens is 1. The average Bonchev–Trinajstić information content (AvgIpc) is 3.20. The van der Waals surface area contributed by atoms with E-state index >= 15 is 0 Å². The number of aromatic amines is 1. The van der Waals surface area contributed by atoms with Gasteiger partial charge in [-0.25, -0.2) is 4.39 Å². The predicted octanol–water partition coefficient (Wildman–Crippen LogP) is 7.39. The van der Waals surface area contributed by atoms with Gasteiger partial charge in [-0.2, -0.15) is 5.26 Å². The Bertz CT molecular complexity index is 1540. The van der Waals surface area contributed by atoms with Gasteiger partial charge in [0.25, 0.3) is 0 Å². The van der Waals surface area contributed by atoms with E-state index in [1.165, 1.54) is 19.1 Å². The van der Waals surface area contributed by atoms with E-state index in [4.69, 9.17) is 11.6 Å². The summed E-state index contributed by atoms with van der Waals surface area (Å²) in [6.45, 7) is 3.27. The number of nitrogens with zero attached hydrogens (tertiary/aromatic N) is 2. The largest absolute Gasteiger partial charge is 0.354 e. The van der Waals surface area contributed by atoms with Crippen molar-refractivity contribution in [3.05, 3.63) is 94.3 Å². The SMILES string of the molecule is C/C=C(/C#N)C(=NC)c1c(-c2cccc(-c3ccc(C(C)=O)cc3Cl)c2)[nH]c2ccc(F)cc12. The Balaban J connectivity index is 1.95. The van der Waals surface area contributed by atoms with Gasteiger partial charge in [0.1, 0.15) is 11.9 Å². The van der Waals surface area contributed by atoms with E-state index in [9.17, 15) is 14.4 Å². The molecule has 1 N–H and O–H groups in total. The maximum Gasteiger partial charge on any atom is 0.159 e. The highest BCUT2D eigenvalue weighted by Gasteiger charge is 2.21. The first-order chi connectivity index (χ1) is 16.4. The van der Waals surface area contributed by atoms with Gasteiger partial charge in [-0.15, -0.1) is 0 Å². The summed E-state index contributed by atoms with van der Waals surface area (Å²) >= 11 is 6.51. The number of allylic oxidation sites excluding steroid dienone is 2. The molecule has 0 radical (unpaired) electrons. The first-order valence-corrected chi connectivity index (χ1v) is 11.0. The zero-order valence-corrected chi connectivity index (χ0v) is 19.7. The van der Waals surface area contributed by atoms with Gasteiger partial charge in [-0.3, -0.25) is 9.79 Å². The Kier molecular flexibility index (Phi) is 6.45. The van der Waals surface area contributed by atoms with Crippen LogP contribution in [0.1, 0.15) is 29.8 Å². The first kappa shape index (κ1) is 23.2. The number of hydrogen-bond acceptors (Lipinski definition) is 3. The van der Waals surface area contributed by atoms with Crippen LogP contribution in [-0.2, 0) is 0 Å². The summed E-state index contributed by atoms with van der Waals surface area (Å²) in [6.07, 6.45) is 1.69. The molecule has 0 aliphatic heterocycles. The minimum absolute atomic E-state index is 0.0548. The minimum Gasteiger partial charge on any atom is -0.354 e. The molecule has 0 amide bonds. The number of carbonyl (C=O) groups excluding carboxylic acids is 1. The third-order valence-corrected chi connectivity index (χ3v) is 6.04. The number of ketones is 1. The topological polar surface area (TPSA) is 69.0 Å². The van der Waals surface area contributed by atoms with Crippen LogP contribution in [-0.4, -0.2) is 23.5 Å². The Hall–Kier alpha value is -4.01. The molecule has 1 heterocycles. The number of nitrogens with one attached hydrogen (secondary N) is 1. The second-order valence-electron chi connectivity index (χ2n) is 7.78. The van der Waals surface area contributed by atoms with Crippen molar-refractivity contribution in [2.75, 3.05) is 7.05 Å². The quantitative estimate of drug-likeness (QED) is 0.188.